The maximum Gasteiger partial charge on any atom is 0.279 e. The molecule has 3 saturated heterocycles. The van der Waals surface area contributed by atoms with Gasteiger partial charge < -0.3 is 24.8 Å². The first-order valence-electron chi connectivity index (χ1n) is 23.3. The molecule has 3 aromatic rings. The van der Waals surface area contributed by atoms with E-state index in [0.29, 0.717) is 86.9 Å². The number of alkyl halides is 2. The first kappa shape index (κ1) is 43.7. The van der Waals surface area contributed by atoms with E-state index < -0.39 is 18.4 Å². The number of hydrogen-bond donors (Lipinski definition) is 3. The van der Waals surface area contributed by atoms with Crippen LogP contribution in [0.25, 0.3) is 11.1 Å². The number of benzene rings is 2. The molecule has 1 aromatic heterocycles. The Hall–Kier alpha value is -6.17. The maximum absolute atomic E-state index is 14.6. The number of nitrogens with one attached hydrogen (secondary N) is 2. The highest BCUT2D eigenvalue weighted by Crippen LogP contribution is 2.50. The molecule has 0 radical (unpaired) electrons. The van der Waals surface area contributed by atoms with Gasteiger partial charge in [0.25, 0.3) is 18.2 Å². The van der Waals surface area contributed by atoms with Crippen LogP contribution in [0, 0.1) is 0 Å². The van der Waals surface area contributed by atoms with Crippen molar-refractivity contribution in [2.24, 2.45) is 12.8 Å². The van der Waals surface area contributed by atoms with Crippen LogP contribution in [0.2, 0.25) is 0 Å². The first-order chi connectivity index (χ1) is 31.8. The number of piperidine rings is 3. The van der Waals surface area contributed by atoms with Crippen LogP contribution in [0.1, 0.15) is 97.3 Å². The van der Waals surface area contributed by atoms with Crippen LogP contribution in [0.3, 0.4) is 0 Å². The average molecular weight is 908 g/mol. The summed E-state index contributed by atoms with van der Waals surface area (Å²) in [6, 6.07) is 6.69. The molecule has 18 heteroatoms. The van der Waals surface area contributed by atoms with Gasteiger partial charge in [-0.1, -0.05) is 6.07 Å². The molecule has 16 nitrogen and oxygen atoms in total. The molecule has 7 aliphatic rings. The number of halogens is 2. The number of likely N-dealkylation sites (tertiary alicyclic amines) is 2. The highest BCUT2D eigenvalue weighted by Gasteiger charge is 2.48. The van der Waals surface area contributed by atoms with Gasteiger partial charge in [0.05, 0.1) is 44.6 Å². The smallest absolute Gasteiger partial charge is 0.279 e. The van der Waals surface area contributed by atoms with Crippen molar-refractivity contribution in [1.29, 1.82) is 0 Å². The van der Waals surface area contributed by atoms with Gasteiger partial charge in [0.15, 0.2) is 0 Å². The number of hydrogen-bond acceptors (Lipinski definition) is 9. The van der Waals surface area contributed by atoms with Crippen LogP contribution in [0.15, 0.2) is 47.9 Å². The van der Waals surface area contributed by atoms with Gasteiger partial charge in [-0.25, -0.2) is 13.4 Å². The fourth-order valence-electron chi connectivity index (χ4n) is 11.3. The number of fused-ring (bicyclic) bond motifs is 5. The fraction of sp³-hybridized carbons (Fsp3) is 0.521. The van der Waals surface area contributed by atoms with Gasteiger partial charge in [0.2, 0.25) is 23.6 Å². The summed E-state index contributed by atoms with van der Waals surface area (Å²) in [5, 5.41) is 10.4. The van der Waals surface area contributed by atoms with Crippen LogP contribution in [-0.4, -0.2) is 140 Å². The predicted octanol–water partition coefficient (Wildman–Crippen LogP) is 3.25. The lowest BCUT2D eigenvalue weighted by molar-refractivity contribution is -0.447. The van der Waals surface area contributed by atoms with E-state index in [1.54, 1.807) is 46.9 Å². The molecule has 8 heterocycles. The molecule has 0 unspecified atom stereocenters. The lowest BCUT2D eigenvalue weighted by Crippen LogP contribution is -2.52. The Morgan fingerprint density at radius 3 is 2.50 bits per heavy atom. The number of aromatic nitrogens is 2. The molecule has 0 saturated carbocycles. The molecule has 2 aromatic carbocycles. The number of imide groups is 1. The molecule has 3 fully saturated rings. The minimum absolute atomic E-state index is 0.0521. The quantitative estimate of drug-likeness (QED) is 0.173. The number of amides is 5. The van der Waals surface area contributed by atoms with E-state index in [2.05, 4.69) is 20.6 Å². The lowest BCUT2D eigenvalue weighted by Gasteiger charge is -2.40. The minimum Gasteiger partial charge on any atom is -0.492 e. The molecular weight excluding hydrogens is 851 g/mol. The summed E-state index contributed by atoms with van der Waals surface area (Å²) in [5.74, 6) is 0.245. The molecule has 66 heavy (non-hydrogen) atoms. The van der Waals surface area contributed by atoms with E-state index in [1.165, 1.54) is 0 Å². The largest absolute Gasteiger partial charge is 0.492 e. The number of nitrogens with zero attached hydrogens (tertiary/aromatic N) is 7. The van der Waals surface area contributed by atoms with Gasteiger partial charge in [-0.15, -0.1) is 0 Å². The molecule has 10 rings (SSSR count). The van der Waals surface area contributed by atoms with Crippen molar-refractivity contribution in [2.45, 2.75) is 95.2 Å². The van der Waals surface area contributed by atoms with Crippen LogP contribution < -0.4 is 21.1 Å². The number of carbonyl (C=O) groups is 5. The monoisotopic (exact) mass is 907 g/mol. The van der Waals surface area contributed by atoms with E-state index in [0.717, 1.165) is 85.3 Å². The van der Waals surface area contributed by atoms with E-state index in [-0.39, 0.29) is 53.6 Å². The van der Waals surface area contributed by atoms with E-state index in [9.17, 15) is 32.8 Å². The van der Waals surface area contributed by atoms with Gasteiger partial charge >= 0.3 is 0 Å². The Morgan fingerprint density at radius 2 is 1.79 bits per heavy atom. The minimum atomic E-state index is -2.70. The summed E-state index contributed by atoms with van der Waals surface area (Å²) in [7, 11) is 1.76. The molecule has 1 spiro atoms. The number of ether oxygens (including phenoxy) is 1. The van der Waals surface area contributed by atoms with E-state index >= 15 is 0 Å². The van der Waals surface area contributed by atoms with Crippen molar-refractivity contribution in [2.75, 3.05) is 59.0 Å². The highest BCUT2D eigenvalue weighted by atomic mass is 19.3. The molecule has 0 aliphatic carbocycles. The molecule has 348 valence electrons. The van der Waals surface area contributed by atoms with Crippen molar-refractivity contribution < 1.29 is 42.1 Å². The normalized spacial score (nSPS) is 23.0. The second-order valence-corrected chi connectivity index (χ2v) is 19.1. The summed E-state index contributed by atoms with van der Waals surface area (Å²) < 4.78 is 39.2. The fourth-order valence-corrected chi connectivity index (χ4v) is 11.3. The Morgan fingerprint density at radius 1 is 1.00 bits per heavy atom. The topological polar surface area (TPSA) is 178 Å². The van der Waals surface area contributed by atoms with Gasteiger partial charge in [-0.05, 0) is 74.3 Å². The molecule has 5 amide bonds. The van der Waals surface area contributed by atoms with Crippen molar-refractivity contribution in [3.05, 3.63) is 75.7 Å². The SMILES string of the molecule is CC(=O)N1CCC(NC2CCN(CC(=O)N3CCC4(CC3)COc3c4ccc4c3CN([C@H]3CCC(=O)NC3=O)C4=O)CC2)=C(C(N)=[N+]2CCCc3cc(-c4cnn(C)c4)c(C(F)F)cc32)C1. The Kier molecular flexibility index (Phi) is 11.4. The molecule has 4 N–H and O–H groups in total. The van der Waals surface area contributed by atoms with Crippen LogP contribution in [0.4, 0.5) is 14.5 Å². The van der Waals surface area contributed by atoms with Crippen molar-refractivity contribution in [1.82, 2.24) is 40.0 Å². The molecular formula is C48H57F2N10O6+. The average Bonchev–Trinajstić information content (AvgIpc) is 4.01. The van der Waals surface area contributed by atoms with Crippen LogP contribution >= 0.6 is 0 Å². The number of amidine groups is 1. The Bertz CT molecular complexity index is 2590. The third-order valence-corrected chi connectivity index (χ3v) is 15.1. The Balaban J connectivity index is 0.779. The van der Waals surface area contributed by atoms with Gasteiger partial charge in [-0.3, -0.25) is 44.6 Å². The summed E-state index contributed by atoms with van der Waals surface area (Å²) in [4.78, 5) is 71.7. The number of carbonyl (C=O) groups excluding carboxylic acids is 5. The molecule has 0 bridgehead atoms. The summed E-state index contributed by atoms with van der Waals surface area (Å²) in [5.41, 5.74) is 13.6. The van der Waals surface area contributed by atoms with E-state index in [1.807, 2.05) is 27.7 Å². The lowest BCUT2D eigenvalue weighted by atomic mass is 9.74. The maximum atomic E-state index is 14.6. The third-order valence-electron chi connectivity index (χ3n) is 15.1. The third kappa shape index (κ3) is 7.89. The van der Waals surface area contributed by atoms with Gasteiger partial charge in [0.1, 0.15) is 17.5 Å². The van der Waals surface area contributed by atoms with Crippen molar-refractivity contribution in [3.8, 4) is 16.9 Å². The van der Waals surface area contributed by atoms with E-state index in [4.69, 9.17) is 10.5 Å². The zero-order valence-electron chi connectivity index (χ0n) is 37.5. The highest BCUT2D eigenvalue weighted by molar-refractivity contribution is 6.06. The Labute approximate surface area is 381 Å². The van der Waals surface area contributed by atoms with Gasteiger partial charge in [-0.2, -0.15) is 5.10 Å². The van der Waals surface area contributed by atoms with Crippen molar-refractivity contribution >= 4 is 41.1 Å². The van der Waals surface area contributed by atoms with Crippen LogP contribution in [-0.2, 0) is 44.6 Å². The number of rotatable bonds is 8. The number of nitrogens with two attached hydrogens (primary N) is 1. The summed E-state index contributed by atoms with van der Waals surface area (Å²) >= 11 is 0. The first-order valence-corrected chi connectivity index (χ1v) is 23.3. The van der Waals surface area contributed by atoms with Crippen LogP contribution in [0.5, 0.6) is 5.75 Å². The second kappa shape index (κ2) is 17.2. The second-order valence-electron chi connectivity index (χ2n) is 19.1. The van der Waals surface area contributed by atoms with Gasteiger partial charge in [0, 0.05) is 111 Å². The zero-order chi connectivity index (χ0) is 46.0. The predicted molar refractivity (Wildman–Crippen MR) is 238 cm³/mol. The summed E-state index contributed by atoms with van der Waals surface area (Å²) in [6.45, 7) is 6.70. The molecule has 1 atom stereocenters. The zero-order valence-corrected chi connectivity index (χ0v) is 37.5. The number of aryl methyl sites for hydroxylation is 2. The summed E-state index contributed by atoms with van der Waals surface area (Å²) in [6.07, 6.45) is 6.35. The molecule has 7 aliphatic heterocycles. The standard InChI is InChI=1S/C48H56F2N10O6/c1-28(61)58-17-11-38(36(24-58)45(51)59-14-3-4-29-20-33(30-22-52-55(2)23-30)34(44(49)50)21-40(29)59)53-31-9-15-56(16-10-31)26-42(63)57-18-12-48(13-19-57)27-66-43-35-25-60(39-7-8-41(62)54-46(39)64)47(65)32(35)5-6-37(43)48/h5-6,20-23,31,39,44H,3-4,7-19,24-27H2,1-2H3,(H3,51,53,54,62,64)/p+1/t39-/m0/s1. The van der Waals surface area contributed by atoms with Crippen molar-refractivity contribution in [3.63, 3.8) is 0 Å².